The van der Waals surface area contributed by atoms with E-state index in [-0.39, 0.29) is 23.7 Å². The molecule has 0 aliphatic carbocycles. The van der Waals surface area contributed by atoms with Gasteiger partial charge < -0.3 is 14.6 Å². The van der Waals surface area contributed by atoms with Crippen molar-refractivity contribution in [1.82, 2.24) is 20.2 Å². The summed E-state index contributed by atoms with van der Waals surface area (Å²) >= 11 is 1.49. The van der Waals surface area contributed by atoms with Crippen LogP contribution in [-0.4, -0.2) is 45.6 Å². The van der Waals surface area contributed by atoms with E-state index >= 15 is 0 Å². The van der Waals surface area contributed by atoms with Crippen LogP contribution in [0.5, 0.6) is 0 Å². The molecule has 0 spiro atoms. The maximum atomic E-state index is 12.9. The lowest BCUT2D eigenvalue weighted by Gasteiger charge is -2.36. The minimum atomic E-state index is -3.77. The normalized spacial score (nSPS) is 18.8. The van der Waals surface area contributed by atoms with Crippen molar-refractivity contribution < 1.29 is 23.0 Å². The number of aliphatic hydroxyl groups is 1. The van der Waals surface area contributed by atoms with Gasteiger partial charge in [-0.3, -0.25) is 4.72 Å². The van der Waals surface area contributed by atoms with Crippen LogP contribution in [0, 0.1) is 0 Å². The van der Waals surface area contributed by atoms with Crippen molar-refractivity contribution in [2.24, 2.45) is 0 Å². The molecule has 0 unspecified atom stereocenters. The SMILES string of the molecule is O=S(=O)(Nc1cccc([C@@H]2O[C@H](CSc3nnnn3-c3ccccc3)C[C@H](c3ccc(CO)cc3)O2)c1)c1ccccc1. The molecule has 0 amide bonds. The first-order valence-corrected chi connectivity index (χ1v) is 16.1. The van der Waals surface area contributed by atoms with Gasteiger partial charge in [-0.2, -0.15) is 4.68 Å². The Morgan fingerprint density at radius 1 is 0.884 bits per heavy atom. The number of hydrogen-bond acceptors (Lipinski definition) is 9. The van der Waals surface area contributed by atoms with E-state index in [0.717, 1.165) is 16.8 Å². The van der Waals surface area contributed by atoms with E-state index in [1.807, 2.05) is 60.7 Å². The summed E-state index contributed by atoms with van der Waals surface area (Å²) in [5.41, 5.74) is 3.70. The number of ether oxygens (including phenoxy) is 2. The number of tetrazole rings is 1. The fourth-order valence-corrected chi connectivity index (χ4v) is 6.73. The summed E-state index contributed by atoms with van der Waals surface area (Å²) in [6, 6.07) is 32.6. The van der Waals surface area contributed by atoms with Crippen molar-refractivity contribution in [3.63, 3.8) is 0 Å². The topological polar surface area (TPSA) is 128 Å². The summed E-state index contributed by atoms with van der Waals surface area (Å²) in [5.74, 6) is 0.554. The number of hydrogen-bond donors (Lipinski definition) is 2. The Morgan fingerprint density at radius 2 is 1.63 bits per heavy atom. The number of anilines is 1. The quantitative estimate of drug-likeness (QED) is 0.201. The Morgan fingerprint density at radius 3 is 2.37 bits per heavy atom. The molecular formula is C31H29N5O5S2. The Labute approximate surface area is 253 Å². The molecule has 1 aliphatic rings. The standard InChI is InChI=1S/C31H29N5O5S2/c37-20-22-14-16-23(17-15-22)29-19-27(21-42-31-32-34-35-36(31)26-10-3-1-4-11-26)40-30(41-29)24-8-7-9-25(18-24)33-43(38,39)28-12-5-2-6-13-28/h1-18,27,29-30,33,37H,19-21H2/t27-,29+,30+/m0/s1. The van der Waals surface area contributed by atoms with E-state index < -0.39 is 16.3 Å². The highest BCUT2D eigenvalue weighted by atomic mass is 32.2. The van der Waals surface area contributed by atoms with Crippen molar-refractivity contribution in [3.8, 4) is 5.69 Å². The fraction of sp³-hybridized carbons (Fsp3) is 0.194. The van der Waals surface area contributed by atoms with Gasteiger partial charge in [0.2, 0.25) is 5.16 Å². The smallest absolute Gasteiger partial charge is 0.261 e. The van der Waals surface area contributed by atoms with E-state index in [2.05, 4.69) is 20.2 Å². The Hall–Kier alpha value is -4.07. The lowest BCUT2D eigenvalue weighted by atomic mass is 10.0. The molecule has 1 aliphatic heterocycles. The minimum Gasteiger partial charge on any atom is -0.392 e. The van der Waals surface area contributed by atoms with Gasteiger partial charge in [0, 0.05) is 23.4 Å². The zero-order valence-corrected chi connectivity index (χ0v) is 24.6. The van der Waals surface area contributed by atoms with Crippen LogP contribution < -0.4 is 4.72 Å². The molecule has 4 aromatic carbocycles. The second-order valence-corrected chi connectivity index (χ2v) is 12.6. The van der Waals surface area contributed by atoms with Crippen molar-refractivity contribution >= 4 is 27.5 Å². The molecule has 5 aromatic rings. The molecule has 1 fully saturated rings. The number of sulfonamides is 1. The first kappa shape index (κ1) is 29.0. The van der Waals surface area contributed by atoms with Crippen LogP contribution >= 0.6 is 11.8 Å². The molecule has 6 rings (SSSR count). The third-order valence-corrected chi connectivity index (χ3v) is 9.37. The maximum absolute atomic E-state index is 12.9. The number of para-hydroxylation sites is 1. The van der Waals surface area contributed by atoms with E-state index in [0.29, 0.717) is 28.6 Å². The molecule has 1 saturated heterocycles. The van der Waals surface area contributed by atoms with Gasteiger partial charge in [-0.25, -0.2) is 8.42 Å². The van der Waals surface area contributed by atoms with Gasteiger partial charge in [-0.15, -0.1) is 5.10 Å². The molecule has 12 heteroatoms. The fourth-order valence-electron chi connectivity index (χ4n) is 4.75. The van der Waals surface area contributed by atoms with E-state index in [4.69, 9.17) is 9.47 Å². The molecule has 3 atom stereocenters. The van der Waals surface area contributed by atoms with Gasteiger partial charge >= 0.3 is 0 Å². The highest BCUT2D eigenvalue weighted by Gasteiger charge is 2.33. The third kappa shape index (κ3) is 6.95. The molecule has 43 heavy (non-hydrogen) atoms. The van der Waals surface area contributed by atoms with Crippen LogP contribution in [0.3, 0.4) is 0 Å². The van der Waals surface area contributed by atoms with Gasteiger partial charge in [-0.05, 0) is 58.0 Å². The van der Waals surface area contributed by atoms with Crippen LogP contribution in [0.4, 0.5) is 5.69 Å². The summed E-state index contributed by atoms with van der Waals surface area (Å²) in [7, 11) is -3.77. The lowest BCUT2D eigenvalue weighted by molar-refractivity contribution is -0.245. The molecule has 0 saturated carbocycles. The van der Waals surface area contributed by atoms with Crippen LogP contribution in [-0.2, 0) is 26.1 Å². The van der Waals surface area contributed by atoms with E-state index in [1.165, 1.54) is 11.8 Å². The number of benzene rings is 4. The molecule has 0 bridgehead atoms. The summed E-state index contributed by atoms with van der Waals surface area (Å²) < 4.78 is 43.1. The maximum Gasteiger partial charge on any atom is 0.261 e. The molecule has 10 nitrogen and oxygen atoms in total. The van der Waals surface area contributed by atoms with Crippen molar-refractivity contribution in [3.05, 3.63) is 126 Å². The summed E-state index contributed by atoms with van der Waals surface area (Å²) in [6.07, 6.45) is -0.716. The van der Waals surface area contributed by atoms with Crippen molar-refractivity contribution in [1.29, 1.82) is 0 Å². The van der Waals surface area contributed by atoms with Gasteiger partial charge in [0.05, 0.1) is 29.4 Å². The predicted molar refractivity (Wildman–Crippen MR) is 162 cm³/mol. The number of nitrogens with one attached hydrogen (secondary N) is 1. The Kier molecular flexibility index (Phi) is 8.82. The highest BCUT2D eigenvalue weighted by Crippen LogP contribution is 2.40. The number of aromatic nitrogens is 4. The average Bonchev–Trinajstić information content (AvgIpc) is 3.53. The van der Waals surface area contributed by atoms with Gasteiger partial charge in [0.15, 0.2) is 6.29 Å². The number of rotatable bonds is 10. The first-order valence-electron chi connectivity index (χ1n) is 13.6. The Bertz CT molecular complexity index is 1750. The molecular weight excluding hydrogens is 587 g/mol. The van der Waals surface area contributed by atoms with E-state index in [9.17, 15) is 13.5 Å². The van der Waals surface area contributed by atoms with Crippen molar-refractivity contribution in [2.45, 2.75) is 41.6 Å². The van der Waals surface area contributed by atoms with Gasteiger partial charge in [0.1, 0.15) is 0 Å². The zero-order valence-electron chi connectivity index (χ0n) is 22.9. The summed E-state index contributed by atoms with van der Waals surface area (Å²) in [4.78, 5) is 0.173. The molecule has 220 valence electrons. The van der Waals surface area contributed by atoms with E-state index in [1.54, 1.807) is 53.2 Å². The largest absolute Gasteiger partial charge is 0.392 e. The van der Waals surface area contributed by atoms with Crippen LogP contribution in [0.2, 0.25) is 0 Å². The second-order valence-electron chi connectivity index (χ2n) is 9.91. The van der Waals surface area contributed by atoms with Gasteiger partial charge in [0.25, 0.3) is 10.0 Å². The highest BCUT2D eigenvalue weighted by molar-refractivity contribution is 7.99. The minimum absolute atomic E-state index is 0.0430. The second kappa shape index (κ2) is 13.1. The summed E-state index contributed by atoms with van der Waals surface area (Å²) in [6.45, 7) is -0.0430. The van der Waals surface area contributed by atoms with Gasteiger partial charge in [-0.1, -0.05) is 84.6 Å². The average molecular weight is 616 g/mol. The number of aliphatic hydroxyl groups excluding tert-OH is 1. The molecule has 0 radical (unpaired) electrons. The summed E-state index contributed by atoms with van der Waals surface area (Å²) in [5, 5.41) is 22.4. The Balaban J connectivity index is 1.23. The predicted octanol–water partition coefficient (Wildman–Crippen LogP) is 5.29. The zero-order chi connectivity index (χ0) is 29.6. The third-order valence-electron chi connectivity index (χ3n) is 6.92. The van der Waals surface area contributed by atoms with Crippen LogP contribution in [0.15, 0.2) is 119 Å². The number of thioether (sulfide) groups is 1. The first-order chi connectivity index (χ1) is 21.0. The molecule has 2 N–H and O–H groups in total. The molecule has 2 heterocycles. The van der Waals surface area contributed by atoms with Crippen LogP contribution in [0.1, 0.15) is 35.5 Å². The van der Waals surface area contributed by atoms with Crippen LogP contribution in [0.25, 0.3) is 5.69 Å². The number of nitrogens with zero attached hydrogens (tertiary/aromatic N) is 4. The van der Waals surface area contributed by atoms with Crippen molar-refractivity contribution in [2.75, 3.05) is 10.5 Å². The lowest BCUT2D eigenvalue weighted by Crippen LogP contribution is -2.31. The monoisotopic (exact) mass is 615 g/mol. The molecule has 1 aromatic heterocycles.